The van der Waals surface area contributed by atoms with Gasteiger partial charge in [-0.1, -0.05) is 25.5 Å². The van der Waals surface area contributed by atoms with Crippen LogP contribution in [0.5, 0.6) is 0 Å². The minimum Gasteiger partial charge on any atom is -0.393 e. The summed E-state index contributed by atoms with van der Waals surface area (Å²) in [5, 5.41) is 0. The molecule has 0 unspecified atom stereocenters. The van der Waals surface area contributed by atoms with Crippen molar-refractivity contribution in [3.8, 4) is 5.69 Å². The van der Waals surface area contributed by atoms with Gasteiger partial charge in [0.25, 0.3) is 5.56 Å². The van der Waals surface area contributed by atoms with Crippen molar-refractivity contribution in [3.63, 3.8) is 0 Å². The number of aromatic nitrogens is 2. The number of benzene rings is 1. The predicted molar refractivity (Wildman–Crippen MR) is 74.2 cm³/mol. The van der Waals surface area contributed by atoms with E-state index in [-0.39, 0.29) is 5.56 Å². The van der Waals surface area contributed by atoms with Gasteiger partial charge in [-0.2, -0.15) is 0 Å². The van der Waals surface area contributed by atoms with Crippen LogP contribution in [-0.4, -0.2) is 9.36 Å². The van der Waals surface area contributed by atoms with Crippen molar-refractivity contribution in [3.05, 3.63) is 45.9 Å². The van der Waals surface area contributed by atoms with E-state index in [4.69, 9.17) is 5.73 Å². The van der Waals surface area contributed by atoms with Crippen LogP contribution in [0.3, 0.4) is 0 Å². The number of nitrogens with two attached hydrogens (primary N) is 1. The Morgan fingerprint density at radius 2 is 2.06 bits per heavy atom. The van der Waals surface area contributed by atoms with Crippen molar-refractivity contribution in [2.45, 2.75) is 26.7 Å². The molecular formula is C14H19N3O. The van der Waals surface area contributed by atoms with E-state index in [9.17, 15) is 4.79 Å². The van der Waals surface area contributed by atoms with Gasteiger partial charge in [0.05, 0.1) is 11.4 Å². The first-order valence-corrected chi connectivity index (χ1v) is 6.19. The molecule has 0 saturated heterocycles. The lowest BCUT2D eigenvalue weighted by molar-refractivity contribution is 0.610. The summed E-state index contributed by atoms with van der Waals surface area (Å²) in [6.45, 7) is 4.09. The molecule has 18 heavy (non-hydrogen) atoms. The molecular weight excluding hydrogens is 226 g/mol. The van der Waals surface area contributed by atoms with Crippen LogP contribution in [0.2, 0.25) is 0 Å². The number of hydrogen-bond acceptors (Lipinski definition) is 2. The second-order valence-corrected chi connectivity index (χ2v) is 4.59. The molecule has 0 bridgehead atoms. The van der Waals surface area contributed by atoms with E-state index < -0.39 is 0 Å². The minimum absolute atomic E-state index is 0.133. The predicted octanol–water partition coefficient (Wildman–Crippen LogP) is 2.02. The zero-order valence-electron chi connectivity index (χ0n) is 11.1. The highest BCUT2D eigenvalue weighted by Gasteiger charge is 2.15. The molecule has 0 atom stereocenters. The van der Waals surface area contributed by atoms with Crippen LogP contribution in [0.4, 0.5) is 5.69 Å². The van der Waals surface area contributed by atoms with Gasteiger partial charge in [0.1, 0.15) is 5.69 Å². The zero-order chi connectivity index (χ0) is 13.3. The Hall–Kier alpha value is -1.97. The molecule has 2 N–H and O–H groups in total. The fraction of sp³-hybridized carbons (Fsp3) is 0.357. The first-order valence-electron chi connectivity index (χ1n) is 6.19. The lowest BCUT2D eigenvalue weighted by Crippen LogP contribution is -2.20. The summed E-state index contributed by atoms with van der Waals surface area (Å²) < 4.78 is 3.49. The molecule has 2 aromatic rings. The molecule has 0 radical (unpaired) electrons. The number of nitrogens with zero attached hydrogens (tertiary/aromatic N) is 2. The van der Waals surface area contributed by atoms with Crippen LogP contribution < -0.4 is 11.3 Å². The highest BCUT2D eigenvalue weighted by atomic mass is 16.1. The Morgan fingerprint density at radius 3 is 2.67 bits per heavy atom. The number of hydrogen-bond donors (Lipinski definition) is 1. The fourth-order valence-electron chi connectivity index (χ4n) is 2.25. The van der Waals surface area contributed by atoms with Crippen LogP contribution in [0, 0.1) is 6.92 Å². The Labute approximate surface area is 107 Å². The molecule has 0 amide bonds. The molecule has 2 rings (SSSR count). The minimum atomic E-state index is -0.133. The third-order valence-corrected chi connectivity index (χ3v) is 3.16. The number of rotatable bonds is 3. The van der Waals surface area contributed by atoms with E-state index in [1.54, 1.807) is 4.68 Å². The van der Waals surface area contributed by atoms with Gasteiger partial charge in [0.2, 0.25) is 0 Å². The number of nitrogen functional groups attached to an aromatic ring is 1. The standard InChI is InChI=1S/C14H19N3O/c1-4-6-12-13(15)14(18)17(16(12)3)11-8-5-7-10(2)9-11/h5,7-9H,4,6,15H2,1-3H3. The molecule has 1 heterocycles. The molecule has 0 spiro atoms. The lowest BCUT2D eigenvalue weighted by Gasteiger charge is -2.10. The van der Waals surface area contributed by atoms with E-state index >= 15 is 0 Å². The second-order valence-electron chi connectivity index (χ2n) is 4.59. The van der Waals surface area contributed by atoms with E-state index in [0.29, 0.717) is 5.69 Å². The third kappa shape index (κ3) is 1.94. The SMILES string of the molecule is CCCc1c(N)c(=O)n(-c2cccc(C)c2)n1C. The molecule has 1 aromatic heterocycles. The first-order chi connectivity index (χ1) is 8.56. The molecule has 0 fully saturated rings. The number of aryl methyl sites for hydroxylation is 1. The maximum Gasteiger partial charge on any atom is 0.294 e. The smallest absolute Gasteiger partial charge is 0.294 e. The molecule has 4 heteroatoms. The summed E-state index contributed by atoms with van der Waals surface area (Å²) in [6.07, 6.45) is 1.78. The van der Waals surface area contributed by atoms with Crippen LogP contribution >= 0.6 is 0 Å². The third-order valence-electron chi connectivity index (χ3n) is 3.16. The quantitative estimate of drug-likeness (QED) is 0.899. The van der Waals surface area contributed by atoms with Crippen molar-refractivity contribution in [2.24, 2.45) is 7.05 Å². The average Bonchev–Trinajstić information content (AvgIpc) is 2.54. The van der Waals surface area contributed by atoms with Crippen LogP contribution in [-0.2, 0) is 13.5 Å². The topological polar surface area (TPSA) is 53.0 Å². The summed E-state index contributed by atoms with van der Waals surface area (Å²) in [7, 11) is 1.88. The van der Waals surface area contributed by atoms with Crippen LogP contribution in [0.15, 0.2) is 29.1 Å². The maximum absolute atomic E-state index is 12.2. The van der Waals surface area contributed by atoms with Gasteiger partial charge < -0.3 is 5.73 Å². The lowest BCUT2D eigenvalue weighted by atomic mass is 10.2. The van der Waals surface area contributed by atoms with Crippen molar-refractivity contribution in [2.75, 3.05) is 5.73 Å². The molecule has 1 aromatic carbocycles. The van der Waals surface area contributed by atoms with E-state index in [0.717, 1.165) is 29.8 Å². The molecule has 0 aliphatic heterocycles. The van der Waals surface area contributed by atoms with Gasteiger partial charge in [0.15, 0.2) is 0 Å². The number of anilines is 1. The molecule has 96 valence electrons. The van der Waals surface area contributed by atoms with E-state index in [1.807, 2.05) is 42.9 Å². The normalized spacial score (nSPS) is 10.8. The second kappa shape index (κ2) is 4.72. The van der Waals surface area contributed by atoms with Gasteiger partial charge in [-0.15, -0.1) is 0 Å². The van der Waals surface area contributed by atoms with E-state index in [2.05, 4.69) is 6.92 Å². The van der Waals surface area contributed by atoms with Crippen molar-refractivity contribution >= 4 is 5.69 Å². The van der Waals surface area contributed by atoms with E-state index in [1.165, 1.54) is 0 Å². The van der Waals surface area contributed by atoms with Crippen molar-refractivity contribution in [1.82, 2.24) is 9.36 Å². The Bertz CT molecular complexity index is 622. The first kappa shape index (κ1) is 12.5. The van der Waals surface area contributed by atoms with Gasteiger partial charge in [0, 0.05) is 7.05 Å². The van der Waals surface area contributed by atoms with Crippen LogP contribution in [0.1, 0.15) is 24.6 Å². The molecule has 0 saturated carbocycles. The molecule has 0 aliphatic rings. The summed E-state index contributed by atoms with van der Waals surface area (Å²) in [4.78, 5) is 12.2. The van der Waals surface area contributed by atoms with Gasteiger partial charge in [-0.05, 0) is 31.0 Å². The highest BCUT2D eigenvalue weighted by Crippen LogP contribution is 2.14. The largest absolute Gasteiger partial charge is 0.393 e. The summed E-state index contributed by atoms with van der Waals surface area (Å²) >= 11 is 0. The van der Waals surface area contributed by atoms with Gasteiger partial charge in [-0.3, -0.25) is 9.48 Å². The molecule has 4 nitrogen and oxygen atoms in total. The molecule has 0 aliphatic carbocycles. The Balaban J connectivity index is 2.65. The Morgan fingerprint density at radius 1 is 1.33 bits per heavy atom. The summed E-state index contributed by atoms with van der Waals surface area (Å²) in [6, 6.07) is 7.85. The monoisotopic (exact) mass is 245 g/mol. The Kier molecular flexibility index (Phi) is 3.28. The highest BCUT2D eigenvalue weighted by molar-refractivity contribution is 5.46. The zero-order valence-corrected chi connectivity index (χ0v) is 11.1. The van der Waals surface area contributed by atoms with Gasteiger partial charge in [-0.25, -0.2) is 4.68 Å². The maximum atomic E-state index is 12.2. The van der Waals surface area contributed by atoms with Crippen LogP contribution in [0.25, 0.3) is 5.69 Å². The summed E-state index contributed by atoms with van der Waals surface area (Å²) in [5.41, 5.74) is 9.03. The fourth-order valence-corrected chi connectivity index (χ4v) is 2.25. The summed E-state index contributed by atoms with van der Waals surface area (Å²) in [5.74, 6) is 0. The average molecular weight is 245 g/mol. The van der Waals surface area contributed by atoms with Crippen molar-refractivity contribution in [1.29, 1.82) is 0 Å². The van der Waals surface area contributed by atoms with Crippen molar-refractivity contribution < 1.29 is 0 Å². The van der Waals surface area contributed by atoms with Gasteiger partial charge >= 0.3 is 0 Å².